The van der Waals surface area contributed by atoms with Crippen molar-refractivity contribution in [3.63, 3.8) is 0 Å². The van der Waals surface area contributed by atoms with Crippen LogP contribution in [0.5, 0.6) is 0 Å². The van der Waals surface area contributed by atoms with Crippen molar-refractivity contribution >= 4 is 9.84 Å². The van der Waals surface area contributed by atoms with Crippen molar-refractivity contribution in [2.45, 2.75) is 45.1 Å². The van der Waals surface area contributed by atoms with Gasteiger partial charge in [-0.1, -0.05) is 19.8 Å². The second-order valence-corrected chi connectivity index (χ2v) is 4.93. The van der Waals surface area contributed by atoms with Crippen molar-refractivity contribution in [2.24, 2.45) is 0 Å². The molecule has 11 heavy (non-hydrogen) atoms. The van der Waals surface area contributed by atoms with E-state index in [1.54, 1.807) is 0 Å². The molecule has 3 heteroatoms. The topological polar surface area (TPSA) is 24.1 Å². The summed E-state index contributed by atoms with van der Waals surface area (Å²) in [4.78, 5) is 7.11. The summed E-state index contributed by atoms with van der Waals surface area (Å²) in [6.45, 7) is 5.66. The molecule has 1 aliphatic rings. The van der Waals surface area contributed by atoms with Crippen LogP contribution in [0.4, 0.5) is 0 Å². The molecule has 0 radical (unpaired) electrons. The van der Waals surface area contributed by atoms with Gasteiger partial charge in [0.1, 0.15) is 0 Å². The van der Waals surface area contributed by atoms with Crippen LogP contribution >= 0.6 is 0 Å². The van der Waals surface area contributed by atoms with Crippen LogP contribution in [0.15, 0.2) is 0 Å². The fourth-order valence-corrected chi connectivity index (χ4v) is 2.89. The van der Waals surface area contributed by atoms with E-state index in [9.17, 15) is 0 Å². The molecule has 2 N–H and O–H groups in total. The number of nitrogens with one attached hydrogen (secondary N) is 2. The summed E-state index contributed by atoms with van der Waals surface area (Å²) >= 11 is 0. The fourth-order valence-electron chi connectivity index (χ4n) is 1.73. The Bertz CT molecular complexity index is 111. The van der Waals surface area contributed by atoms with Crippen LogP contribution in [0, 0.1) is 0 Å². The van der Waals surface area contributed by atoms with E-state index in [1.165, 1.54) is 25.7 Å². The standard InChI is InChI=1S/C8H20N2Si/c1-3-9-11-10-8(2)6-4-5-7-8/h9-10H,3-7,11H2,1-2H3. The molecular weight excluding hydrogens is 152 g/mol. The van der Waals surface area contributed by atoms with E-state index in [4.69, 9.17) is 0 Å². The Kier molecular flexibility index (Phi) is 3.55. The van der Waals surface area contributed by atoms with Gasteiger partial charge in [0.2, 0.25) is 0 Å². The Morgan fingerprint density at radius 2 is 2.00 bits per heavy atom. The molecule has 0 aromatic carbocycles. The zero-order chi connectivity index (χ0) is 8.16. The van der Waals surface area contributed by atoms with Gasteiger partial charge in [-0.2, -0.15) is 0 Å². The van der Waals surface area contributed by atoms with Gasteiger partial charge in [0.05, 0.1) is 0 Å². The predicted octanol–water partition coefficient (Wildman–Crippen LogP) is 0.517. The summed E-state index contributed by atoms with van der Waals surface area (Å²) in [7, 11) is -0.175. The first-order valence-electron chi connectivity index (χ1n) is 4.72. The molecule has 0 heterocycles. The molecule has 0 spiro atoms. The highest BCUT2D eigenvalue weighted by Crippen LogP contribution is 2.28. The maximum Gasteiger partial charge on any atom is 0.168 e. The average Bonchev–Trinajstić information content (AvgIpc) is 2.38. The number of hydrogen-bond donors (Lipinski definition) is 2. The van der Waals surface area contributed by atoms with E-state index in [0.29, 0.717) is 5.54 Å². The van der Waals surface area contributed by atoms with Crippen molar-refractivity contribution in [1.29, 1.82) is 0 Å². The monoisotopic (exact) mass is 172 g/mol. The molecule has 1 fully saturated rings. The maximum absolute atomic E-state index is 3.69. The third-order valence-corrected chi connectivity index (χ3v) is 4.38. The van der Waals surface area contributed by atoms with Crippen LogP contribution in [0.3, 0.4) is 0 Å². The summed E-state index contributed by atoms with van der Waals surface area (Å²) in [5.74, 6) is 0. The van der Waals surface area contributed by atoms with E-state index in [2.05, 4.69) is 23.8 Å². The van der Waals surface area contributed by atoms with Crippen molar-refractivity contribution in [1.82, 2.24) is 9.96 Å². The van der Waals surface area contributed by atoms with Gasteiger partial charge in [0.15, 0.2) is 9.84 Å². The van der Waals surface area contributed by atoms with Crippen LogP contribution in [0.2, 0.25) is 0 Å². The summed E-state index contributed by atoms with van der Waals surface area (Å²) < 4.78 is 0. The lowest BCUT2D eigenvalue weighted by molar-refractivity contribution is 0.438. The zero-order valence-electron chi connectivity index (χ0n) is 7.74. The van der Waals surface area contributed by atoms with Crippen LogP contribution in [0.25, 0.3) is 0 Å². The van der Waals surface area contributed by atoms with Gasteiger partial charge >= 0.3 is 0 Å². The third kappa shape index (κ3) is 2.93. The van der Waals surface area contributed by atoms with Crippen molar-refractivity contribution in [2.75, 3.05) is 6.54 Å². The average molecular weight is 172 g/mol. The Morgan fingerprint density at radius 1 is 1.36 bits per heavy atom. The minimum Gasteiger partial charge on any atom is -0.331 e. The molecule has 0 bridgehead atoms. The Hall–Kier alpha value is 0.137. The molecule has 2 nitrogen and oxygen atoms in total. The Morgan fingerprint density at radius 3 is 2.55 bits per heavy atom. The van der Waals surface area contributed by atoms with Crippen LogP contribution in [0.1, 0.15) is 39.5 Å². The Labute approximate surface area is 72.1 Å². The predicted molar refractivity (Wildman–Crippen MR) is 52.2 cm³/mol. The molecule has 0 amide bonds. The highest BCUT2D eigenvalue weighted by Gasteiger charge is 2.26. The highest BCUT2D eigenvalue weighted by atomic mass is 28.2. The summed E-state index contributed by atoms with van der Waals surface area (Å²) in [5, 5.41) is 0. The van der Waals surface area contributed by atoms with Crippen LogP contribution in [-0.2, 0) is 0 Å². The Balaban J connectivity index is 2.13. The summed E-state index contributed by atoms with van der Waals surface area (Å²) in [5.41, 5.74) is 0.494. The molecule has 0 saturated heterocycles. The van der Waals surface area contributed by atoms with Gasteiger partial charge in [-0.25, -0.2) is 0 Å². The molecule has 1 rings (SSSR count). The SMILES string of the molecule is CCN[SiH2]NC1(C)CCCC1. The molecule has 0 atom stereocenters. The van der Waals surface area contributed by atoms with Gasteiger partial charge in [0, 0.05) is 5.54 Å². The molecule has 1 saturated carbocycles. The normalized spacial score (nSPS) is 23.5. The molecule has 0 unspecified atom stereocenters. The molecule has 0 aromatic rings. The van der Waals surface area contributed by atoms with Gasteiger partial charge in [0.25, 0.3) is 0 Å². The number of hydrogen-bond acceptors (Lipinski definition) is 2. The van der Waals surface area contributed by atoms with Crippen molar-refractivity contribution in [3.8, 4) is 0 Å². The molecule has 66 valence electrons. The minimum absolute atomic E-state index is 0.175. The highest BCUT2D eigenvalue weighted by molar-refractivity contribution is 6.29. The number of rotatable bonds is 4. The minimum atomic E-state index is -0.175. The third-order valence-electron chi connectivity index (χ3n) is 2.60. The van der Waals surface area contributed by atoms with Gasteiger partial charge in [-0.05, 0) is 26.3 Å². The first-order chi connectivity index (χ1) is 5.27. The van der Waals surface area contributed by atoms with Crippen LogP contribution in [-0.4, -0.2) is 21.9 Å². The van der Waals surface area contributed by atoms with E-state index in [1.807, 2.05) is 0 Å². The fraction of sp³-hybridized carbons (Fsp3) is 1.00. The second kappa shape index (κ2) is 4.23. The van der Waals surface area contributed by atoms with E-state index in [-0.39, 0.29) is 9.84 Å². The molecule has 0 aliphatic heterocycles. The quantitative estimate of drug-likeness (QED) is 0.477. The maximum atomic E-state index is 3.69. The zero-order valence-corrected chi connectivity index (χ0v) is 9.16. The van der Waals surface area contributed by atoms with E-state index in [0.717, 1.165) is 6.54 Å². The molecular formula is C8H20N2Si. The van der Waals surface area contributed by atoms with Crippen molar-refractivity contribution < 1.29 is 0 Å². The van der Waals surface area contributed by atoms with Gasteiger partial charge < -0.3 is 9.96 Å². The van der Waals surface area contributed by atoms with Gasteiger partial charge in [-0.15, -0.1) is 0 Å². The first kappa shape index (κ1) is 9.23. The smallest absolute Gasteiger partial charge is 0.168 e. The van der Waals surface area contributed by atoms with Crippen LogP contribution < -0.4 is 9.96 Å². The summed E-state index contributed by atoms with van der Waals surface area (Å²) in [6, 6.07) is 0. The van der Waals surface area contributed by atoms with Gasteiger partial charge in [-0.3, -0.25) is 0 Å². The first-order valence-corrected chi connectivity index (χ1v) is 6.14. The lowest BCUT2D eigenvalue weighted by Gasteiger charge is -2.25. The lowest BCUT2D eigenvalue weighted by Crippen LogP contribution is -2.47. The van der Waals surface area contributed by atoms with E-state index >= 15 is 0 Å². The van der Waals surface area contributed by atoms with E-state index < -0.39 is 0 Å². The lowest BCUT2D eigenvalue weighted by atomic mass is 10.0. The molecule has 1 aliphatic carbocycles. The molecule has 0 aromatic heterocycles. The largest absolute Gasteiger partial charge is 0.331 e. The van der Waals surface area contributed by atoms with Crippen molar-refractivity contribution in [3.05, 3.63) is 0 Å². The second-order valence-electron chi connectivity index (χ2n) is 3.72. The summed E-state index contributed by atoms with van der Waals surface area (Å²) in [6.07, 6.45) is 5.60.